The number of aryl methyl sites for hydroxylation is 1. The Kier molecular flexibility index (Phi) is 4.43. The molecule has 1 atom stereocenters. The van der Waals surface area contributed by atoms with Gasteiger partial charge in [0, 0.05) is 19.8 Å². The van der Waals surface area contributed by atoms with E-state index in [4.69, 9.17) is 0 Å². The van der Waals surface area contributed by atoms with E-state index in [2.05, 4.69) is 15.3 Å². The highest BCUT2D eigenvalue weighted by Gasteiger charge is 2.37. The number of hydrogen-bond donors (Lipinski definition) is 1. The fraction of sp³-hybridized carbons (Fsp3) is 0.190. The highest BCUT2D eigenvalue weighted by atomic mass is 19.1. The number of nitrogens with zero attached hydrogens (tertiary/aromatic N) is 4. The molecular weight excluding hydrogens is 357 g/mol. The molecule has 0 saturated heterocycles. The van der Waals surface area contributed by atoms with Crippen molar-refractivity contribution in [1.29, 1.82) is 0 Å². The van der Waals surface area contributed by atoms with Crippen LogP contribution in [0.1, 0.15) is 17.2 Å². The summed E-state index contributed by atoms with van der Waals surface area (Å²) in [7, 11) is 3.46. The average Bonchev–Trinajstić information content (AvgIpc) is 2.68. The Labute approximate surface area is 162 Å². The van der Waals surface area contributed by atoms with Crippen molar-refractivity contribution in [2.75, 3.05) is 29.2 Å². The molecule has 0 bridgehead atoms. The average molecular weight is 377 g/mol. The molecule has 2 aromatic carbocycles. The third-order valence-corrected chi connectivity index (χ3v) is 4.87. The largest absolute Gasteiger partial charge is 0.342 e. The predicted octanol–water partition coefficient (Wildman–Crippen LogP) is 3.82. The zero-order valence-electron chi connectivity index (χ0n) is 15.8. The Hall–Kier alpha value is -3.48. The van der Waals surface area contributed by atoms with Crippen molar-refractivity contribution in [1.82, 2.24) is 9.97 Å². The maximum Gasteiger partial charge on any atom is 0.254 e. The summed E-state index contributed by atoms with van der Waals surface area (Å²) in [6.07, 6.45) is 1.62. The number of carbonyl (C=O) groups excluding carboxylic acids is 1. The molecule has 3 aromatic rings. The molecule has 1 N–H and O–H groups in total. The number of carbonyl (C=O) groups is 1. The summed E-state index contributed by atoms with van der Waals surface area (Å²) >= 11 is 0. The van der Waals surface area contributed by atoms with Gasteiger partial charge in [-0.15, -0.1) is 0 Å². The van der Waals surface area contributed by atoms with Crippen molar-refractivity contribution >= 4 is 29.0 Å². The lowest BCUT2D eigenvalue weighted by Gasteiger charge is -2.38. The lowest BCUT2D eigenvalue weighted by molar-refractivity contribution is -0.120. The van der Waals surface area contributed by atoms with Crippen LogP contribution in [0.2, 0.25) is 0 Å². The van der Waals surface area contributed by atoms with Crippen LogP contribution >= 0.6 is 0 Å². The fourth-order valence-electron chi connectivity index (χ4n) is 3.32. The zero-order chi connectivity index (χ0) is 19.8. The van der Waals surface area contributed by atoms with Gasteiger partial charge in [0.25, 0.3) is 5.91 Å². The molecule has 1 amide bonds. The SMILES string of the molecule is Cc1ccc(Nc2ncc3c(n2)N(C)C(c2cccc(F)c2)C(=O)N3C)cc1. The van der Waals surface area contributed by atoms with E-state index in [1.807, 2.05) is 31.2 Å². The van der Waals surface area contributed by atoms with E-state index in [1.165, 1.54) is 17.0 Å². The van der Waals surface area contributed by atoms with Crippen LogP contribution < -0.4 is 15.1 Å². The Morgan fingerprint density at radius 2 is 1.86 bits per heavy atom. The number of anilines is 4. The highest BCUT2D eigenvalue weighted by molar-refractivity contribution is 6.04. The topological polar surface area (TPSA) is 61.4 Å². The first-order chi connectivity index (χ1) is 13.4. The van der Waals surface area contributed by atoms with Crippen molar-refractivity contribution in [2.45, 2.75) is 13.0 Å². The van der Waals surface area contributed by atoms with E-state index in [0.29, 0.717) is 23.0 Å². The van der Waals surface area contributed by atoms with Gasteiger partial charge < -0.3 is 15.1 Å². The molecule has 6 nitrogen and oxygen atoms in total. The van der Waals surface area contributed by atoms with Gasteiger partial charge in [-0.3, -0.25) is 4.79 Å². The normalized spacial score (nSPS) is 16.1. The molecule has 1 aliphatic heterocycles. The third kappa shape index (κ3) is 3.15. The van der Waals surface area contributed by atoms with Crippen molar-refractivity contribution < 1.29 is 9.18 Å². The van der Waals surface area contributed by atoms with Crippen LogP contribution in [0.15, 0.2) is 54.7 Å². The molecule has 0 spiro atoms. The van der Waals surface area contributed by atoms with Crippen molar-refractivity contribution in [2.24, 2.45) is 0 Å². The summed E-state index contributed by atoms with van der Waals surface area (Å²) in [4.78, 5) is 25.1. The quantitative estimate of drug-likeness (QED) is 0.752. The van der Waals surface area contributed by atoms with Crippen molar-refractivity contribution in [3.63, 3.8) is 0 Å². The minimum Gasteiger partial charge on any atom is -0.342 e. The molecule has 0 fully saturated rings. The number of nitrogens with one attached hydrogen (secondary N) is 1. The van der Waals surface area contributed by atoms with Crippen LogP contribution in [0, 0.1) is 12.7 Å². The summed E-state index contributed by atoms with van der Waals surface area (Å²) in [6.45, 7) is 2.02. The smallest absolute Gasteiger partial charge is 0.254 e. The summed E-state index contributed by atoms with van der Waals surface area (Å²) in [6, 6.07) is 13.3. The van der Waals surface area contributed by atoms with Crippen molar-refractivity contribution in [3.8, 4) is 0 Å². The van der Waals surface area contributed by atoms with Gasteiger partial charge in [0.2, 0.25) is 5.95 Å². The van der Waals surface area contributed by atoms with Crippen LogP contribution in [-0.2, 0) is 4.79 Å². The molecule has 1 unspecified atom stereocenters. The number of fused-ring (bicyclic) bond motifs is 1. The Bertz CT molecular complexity index is 1040. The van der Waals surface area contributed by atoms with E-state index in [0.717, 1.165) is 11.3 Å². The van der Waals surface area contributed by atoms with E-state index in [9.17, 15) is 9.18 Å². The molecule has 1 aliphatic rings. The van der Waals surface area contributed by atoms with Gasteiger partial charge in [0.1, 0.15) is 17.5 Å². The number of likely N-dealkylation sites (N-methyl/N-ethyl adjacent to an activating group) is 2. The Morgan fingerprint density at radius 3 is 2.57 bits per heavy atom. The van der Waals surface area contributed by atoms with Crippen LogP contribution in [-0.4, -0.2) is 30.0 Å². The molecule has 1 aromatic heterocycles. The van der Waals surface area contributed by atoms with Gasteiger partial charge >= 0.3 is 0 Å². The van der Waals surface area contributed by atoms with Crippen LogP contribution in [0.5, 0.6) is 0 Å². The van der Waals surface area contributed by atoms with Crippen LogP contribution in [0.3, 0.4) is 0 Å². The molecule has 2 heterocycles. The molecule has 4 rings (SSSR count). The summed E-state index contributed by atoms with van der Waals surface area (Å²) in [5, 5.41) is 3.18. The molecular formula is C21H20FN5O. The van der Waals surface area contributed by atoms with Gasteiger partial charge in [-0.05, 0) is 36.8 Å². The van der Waals surface area contributed by atoms with E-state index >= 15 is 0 Å². The van der Waals surface area contributed by atoms with Gasteiger partial charge in [-0.25, -0.2) is 9.37 Å². The predicted molar refractivity (Wildman–Crippen MR) is 107 cm³/mol. The second kappa shape index (κ2) is 6.92. The molecule has 142 valence electrons. The zero-order valence-corrected chi connectivity index (χ0v) is 15.8. The fourth-order valence-corrected chi connectivity index (χ4v) is 3.32. The van der Waals surface area contributed by atoms with Gasteiger partial charge in [0.15, 0.2) is 5.82 Å². The summed E-state index contributed by atoms with van der Waals surface area (Å²) < 4.78 is 13.7. The maximum atomic E-state index is 13.7. The lowest BCUT2D eigenvalue weighted by atomic mass is 10.0. The van der Waals surface area contributed by atoms with Crippen molar-refractivity contribution in [3.05, 3.63) is 71.7 Å². The van der Waals surface area contributed by atoms with Crippen LogP contribution in [0.25, 0.3) is 0 Å². The molecule has 0 saturated carbocycles. The monoisotopic (exact) mass is 377 g/mol. The highest BCUT2D eigenvalue weighted by Crippen LogP contribution is 2.39. The molecule has 0 aliphatic carbocycles. The Balaban J connectivity index is 1.71. The van der Waals surface area contributed by atoms with E-state index in [-0.39, 0.29) is 11.7 Å². The first kappa shape index (κ1) is 17.9. The first-order valence-electron chi connectivity index (χ1n) is 8.90. The second-order valence-electron chi connectivity index (χ2n) is 6.86. The number of benzene rings is 2. The van der Waals surface area contributed by atoms with E-state index < -0.39 is 6.04 Å². The minimum atomic E-state index is -0.657. The van der Waals surface area contributed by atoms with Gasteiger partial charge in [-0.1, -0.05) is 29.8 Å². The standard InChI is InChI=1S/C21H20FN5O/c1-13-7-9-16(10-8-13)24-21-23-12-17-19(25-21)27(3)18(20(28)26(17)2)14-5-4-6-15(22)11-14/h4-12,18H,1-3H3,(H,23,24,25). The lowest BCUT2D eigenvalue weighted by Crippen LogP contribution is -2.45. The number of amides is 1. The van der Waals surface area contributed by atoms with E-state index in [1.54, 1.807) is 37.3 Å². The molecule has 7 heteroatoms. The minimum absolute atomic E-state index is 0.163. The molecule has 28 heavy (non-hydrogen) atoms. The maximum absolute atomic E-state index is 13.7. The second-order valence-corrected chi connectivity index (χ2v) is 6.86. The number of halogens is 1. The number of rotatable bonds is 3. The Morgan fingerprint density at radius 1 is 1.11 bits per heavy atom. The van der Waals surface area contributed by atoms with Gasteiger partial charge in [0.05, 0.1) is 6.20 Å². The van der Waals surface area contributed by atoms with Crippen LogP contribution in [0.4, 0.5) is 27.5 Å². The molecule has 0 radical (unpaired) electrons. The number of aromatic nitrogens is 2. The van der Waals surface area contributed by atoms with Gasteiger partial charge in [-0.2, -0.15) is 4.98 Å². The first-order valence-corrected chi connectivity index (χ1v) is 8.90. The summed E-state index contributed by atoms with van der Waals surface area (Å²) in [5.74, 6) is 0.483. The summed E-state index contributed by atoms with van der Waals surface area (Å²) in [5.41, 5.74) is 3.22. The third-order valence-electron chi connectivity index (χ3n) is 4.87. The number of hydrogen-bond acceptors (Lipinski definition) is 5.